The summed E-state index contributed by atoms with van der Waals surface area (Å²) >= 11 is 7.23. The molecule has 1 aromatic heterocycles. The molecule has 1 aliphatic rings. The summed E-state index contributed by atoms with van der Waals surface area (Å²) in [7, 11) is 4.38. The van der Waals surface area contributed by atoms with Crippen LogP contribution < -0.4 is 24.4 Å². The summed E-state index contributed by atoms with van der Waals surface area (Å²) in [5.74, 6) is 0.469. The van der Waals surface area contributed by atoms with Crippen molar-refractivity contribution >= 4 is 35.0 Å². The fourth-order valence-electron chi connectivity index (χ4n) is 3.74. The third kappa shape index (κ3) is 4.19. The van der Waals surface area contributed by atoms with Crippen LogP contribution in [0.25, 0.3) is 6.08 Å². The molecular formula is C24H21ClN2O5S. The minimum absolute atomic E-state index is 0.262. The standard InChI is InChI=1S/C24H21ClN2O5S/c1-13-20(23(29)32-4)21(15-7-10-17(30-2)18(12-15)31-3)27-22(28)19(33-24(27)26-13)11-14-5-8-16(25)9-6-14/h5-12,21H,1-4H3/b19-11-/t21-/m1/s1. The molecule has 0 spiro atoms. The molecule has 0 unspecified atom stereocenters. The van der Waals surface area contributed by atoms with Crippen LogP contribution in [-0.4, -0.2) is 31.9 Å². The van der Waals surface area contributed by atoms with Crippen molar-refractivity contribution < 1.29 is 19.0 Å². The maximum atomic E-state index is 13.5. The van der Waals surface area contributed by atoms with Crippen LogP contribution in [0, 0.1) is 0 Å². The summed E-state index contributed by atoms with van der Waals surface area (Å²) in [6.07, 6.45) is 1.78. The number of hydrogen-bond acceptors (Lipinski definition) is 7. The van der Waals surface area contributed by atoms with Gasteiger partial charge >= 0.3 is 5.97 Å². The molecule has 33 heavy (non-hydrogen) atoms. The quantitative estimate of drug-likeness (QED) is 0.520. The number of fused-ring (bicyclic) bond motifs is 1. The molecule has 0 fully saturated rings. The molecule has 0 saturated carbocycles. The van der Waals surface area contributed by atoms with Gasteiger partial charge in [-0.3, -0.25) is 9.36 Å². The van der Waals surface area contributed by atoms with E-state index in [2.05, 4.69) is 4.99 Å². The van der Waals surface area contributed by atoms with Crippen LogP contribution in [0.15, 0.2) is 63.5 Å². The number of rotatable bonds is 5. The molecule has 3 aromatic rings. The van der Waals surface area contributed by atoms with Crippen LogP contribution in [0.2, 0.25) is 5.02 Å². The van der Waals surface area contributed by atoms with Gasteiger partial charge in [0.15, 0.2) is 16.3 Å². The summed E-state index contributed by atoms with van der Waals surface area (Å²) < 4.78 is 17.8. The molecule has 0 bridgehead atoms. The predicted octanol–water partition coefficient (Wildman–Crippen LogP) is 3.08. The number of halogens is 1. The normalized spacial score (nSPS) is 15.7. The van der Waals surface area contributed by atoms with Gasteiger partial charge in [-0.25, -0.2) is 9.79 Å². The Labute approximate surface area is 198 Å². The van der Waals surface area contributed by atoms with Gasteiger partial charge < -0.3 is 14.2 Å². The van der Waals surface area contributed by atoms with E-state index in [1.54, 1.807) is 50.4 Å². The molecule has 1 aliphatic heterocycles. The monoisotopic (exact) mass is 484 g/mol. The Kier molecular flexibility index (Phi) is 6.40. The molecule has 7 nitrogen and oxygen atoms in total. The Bertz CT molecular complexity index is 1440. The van der Waals surface area contributed by atoms with Gasteiger partial charge in [0.2, 0.25) is 0 Å². The van der Waals surface area contributed by atoms with Crippen molar-refractivity contribution in [1.82, 2.24) is 4.57 Å². The number of carbonyl (C=O) groups is 1. The highest BCUT2D eigenvalue weighted by Crippen LogP contribution is 2.35. The molecule has 0 aliphatic carbocycles. The molecule has 0 amide bonds. The number of allylic oxidation sites excluding steroid dienone is 1. The SMILES string of the molecule is COC(=O)C1=C(C)N=c2s/c(=C\c3ccc(Cl)cc3)c(=O)n2[C@@H]1c1ccc(OC)c(OC)c1. The molecule has 0 saturated heterocycles. The van der Waals surface area contributed by atoms with E-state index in [1.807, 2.05) is 12.1 Å². The molecule has 170 valence electrons. The van der Waals surface area contributed by atoms with E-state index in [9.17, 15) is 9.59 Å². The maximum absolute atomic E-state index is 13.5. The van der Waals surface area contributed by atoms with Crippen LogP contribution in [0.1, 0.15) is 24.1 Å². The summed E-state index contributed by atoms with van der Waals surface area (Å²) in [5, 5.41) is 0.611. The smallest absolute Gasteiger partial charge is 0.338 e. The van der Waals surface area contributed by atoms with Gasteiger partial charge in [-0.15, -0.1) is 0 Å². The molecule has 2 heterocycles. The lowest BCUT2D eigenvalue weighted by molar-refractivity contribution is -0.136. The van der Waals surface area contributed by atoms with Gasteiger partial charge in [-0.1, -0.05) is 41.1 Å². The Balaban J connectivity index is 1.97. The summed E-state index contributed by atoms with van der Waals surface area (Å²) in [5.41, 5.74) is 2.01. The number of benzene rings is 2. The topological polar surface area (TPSA) is 79.1 Å². The number of esters is 1. The number of carbonyl (C=O) groups excluding carboxylic acids is 1. The summed E-state index contributed by atoms with van der Waals surface area (Å²) in [4.78, 5) is 31.3. The summed E-state index contributed by atoms with van der Waals surface area (Å²) in [6, 6.07) is 11.7. The first-order chi connectivity index (χ1) is 15.9. The first-order valence-corrected chi connectivity index (χ1v) is 11.2. The number of nitrogens with zero attached hydrogens (tertiary/aromatic N) is 2. The van der Waals surface area contributed by atoms with Crippen molar-refractivity contribution in [1.29, 1.82) is 0 Å². The zero-order valence-electron chi connectivity index (χ0n) is 18.4. The maximum Gasteiger partial charge on any atom is 0.338 e. The second-order valence-corrected chi connectivity index (χ2v) is 8.68. The average molecular weight is 485 g/mol. The van der Waals surface area contributed by atoms with Gasteiger partial charge in [0.25, 0.3) is 5.56 Å². The Morgan fingerprint density at radius 1 is 1.09 bits per heavy atom. The number of methoxy groups -OCH3 is 3. The van der Waals surface area contributed by atoms with E-state index in [-0.39, 0.29) is 11.1 Å². The summed E-state index contributed by atoms with van der Waals surface area (Å²) in [6.45, 7) is 1.73. The van der Waals surface area contributed by atoms with E-state index < -0.39 is 12.0 Å². The minimum atomic E-state index is -0.735. The van der Waals surface area contributed by atoms with Crippen molar-refractivity contribution in [2.24, 2.45) is 4.99 Å². The number of aromatic nitrogens is 1. The fraction of sp³-hybridized carbons (Fsp3) is 0.208. The highest BCUT2D eigenvalue weighted by Gasteiger charge is 2.33. The lowest BCUT2D eigenvalue weighted by Crippen LogP contribution is -2.39. The second-order valence-electron chi connectivity index (χ2n) is 7.24. The van der Waals surface area contributed by atoms with E-state index in [0.29, 0.717) is 37.1 Å². The van der Waals surface area contributed by atoms with Crippen molar-refractivity contribution in [3.8, 4) is 11.5 Å². The van der Waals surface area contributed by atoms with Crippen molar-refractivity contribution in [3.05, 3.63) is 89.6 Å². The third-order valence-electron chi connectivity index (χ3n) is 5.32. The molecule has 2 aromatic carbocycles. The van der Waals surface area contributed by atoms with Gasteiger partial charge in [-0.2, -0.15) is 0 Å². The Morgan fingerprint density at radius 3 is 2.42 bits per heavy atom. The second kappa shape index (κ2) is 9.25. The van der Waals surface area contributed by atoms with Gasteiger partial charge in [0, 0.05) is 5.02 Å². The number of hydrogen-bond donors (Lipinski definition) is 0. The van der Waals surface area contributed by atoms with Crippen LogP contribution in [0.5, 0.6) is 11.5 Å². The molecule has 0 radical (unpaired) electrons. The highest BCUT2D eigenvalue weighted by atomic mass is 35.5. The van der Waals surface area contributed by atoms with Crippen molar-refractivity contribution in [3.63, 3.8) is 0 Å². The minimum Gasteiger partial charge on any atom is -0.493 e. The molecule has 1 atom stereocenters. The van der Waals surface area contributed by atoms with Crippen molar-refractivity contribution in [2.75, 3.05) is 21.3 Å². The predicted molar refractivity (Wildman–Crippen MR) is 127 cm³/mol. The van der Waals surface area contributed by atoms with Gasteiger partial charge in [-0.05, 0) is 48.4 Å². The van der Waals surface area contributed by atoms with E-state index in [0.717, 1.165) is 5.56 Å². The lowest BCUT2D eigenvalue weighted by Gasteiger charge is -2.25. The lowest BCUT2D eigenvalue weighted by atomic mass is 9.95. The van der Waals surface area contributed by atoms with Crippen LogP contribution in [-0.2, 0) is 9.53 Å². The molecule has 4 rings (SSSR count). The zero-order valence-corrected chi connectivity index (χ0v) is 20.0. The number of ether oxygens (including phenoxy) is 3. The van der Waals surface area contributed by atoms with Crippen molar-refractivity contribution in [2.45, 2.75) is 13.0 Å². The highest BCUT2D eigenvalue weighted by molar-refractivity contribution is 7.07. The van der Waals surface area contributed by atoms with Crippen LogP contribution in [0.4, 0.5) is 0 Å². The van der Waals surface area contributed by atoms with Gasteiger partial charge in [0.05, 0.1) is 43.2 Å². The largest absolute Gasteiger partial charge is 0.493 e. The zero-order chi connectivity index (χ0) is 23.7. The molecule has 0 N–H and O–H groups in total. The average Bonchev–Trinajstić information content (AvgIpc) is 3.13. The van der Waals surface area contributed by atoms with Gasteiger partial charge in [0.1, 0.15) is 0 Å². The first kappa shape index (κ1) is 22.8. The molecule has 9 heteroatoms. The van der Waals surface area contributed by atoms with E-state index in [4.69, 9.17) is 25.8 Å². The third-order valence-corrected chi connectivity index (χ3v) is 6.55. The first-order valence-electron chi connectivity index (χ1n) is 9.96. The fourth-order valence-corrected chi connectivity index (χ4v) is 4.91. The van der Waals surface area contributed by atoms with E-state index >= 15 is 0 Å². The van der Waals surface area contributed by atoms with Crippen LogP contribution in [0.3, 0.4) is 0 Å². The van der Waals surface area contributed by atoms with E-state index in [1.165, 1.54) is 30.1 Å². The van der Waals surface area contributed by atoms with Crippen LogP contribution >= 0.6 is 22.9 Å². The Morgan fingerprint density at radius 2 is 1.79 bits per heavy atom. The molecular weight excluding hydrogens is 464 g/mol. The number of thiazole rings is 1. The Hall–Kier alpha value is -3.36.